The first-order valence-electron chi connectivity index (χ1n) is 13.3. The van der Waals surface area contributed by atoms with E-state index in [2.05, 4.69) is 34.2 Å². The molecule has 0 atom stereocenters. The number of ether oxygens (including phenoxy) is 2. The Bertz CT molecular complexity index is 1850. The third kappa shape index (κ3) is 4.61. The predicted octanol–water partition coefficient (Wildman–Crippen LogP) is 7.84. The van der Waals surface area contributed by atoms with E-state index in [1.54, 1.807) is 48.8 Å². The van der Waals surface area contributed by atoms with E-state index >= 15 is 0 Å². The number of aromatic amines is 2. The summed E-state index contributed by atoms with van der Waals surface area (Å²) in [5, 5.41) is 4.09. The lowest BCUT2D eigenvalue weighted by atomic mass is 9.91. The molecule has 198 valence electrons. The van der Waals surface area contributed by atoms with Gasteiger partial charge in [0.15, 0.2) is 0 Å². The van der Waals surface area contributed by atoms with E-state index in [9.17, 15) is 9.59 Å². The summed E-state index contributed by atoms with van der Waals surface area (Å²) in [6.45, 7) is 0.111. The Morgan fingerprint density at radius 1 is 0.610 bits per heavy atom. The van der Waals surface area contributed by atoms with Crippen molar-refractivity contribution in [3.8, 4) is 22.6 Å². The number of ketones is 2. The summed E-state index contributed by atoms with van der Waals surface area (Å²) < 4.78 is 12.1. The highest BCUT2D eigenvalue weighted by Gasteiger charge is 2.22. The van der Waals surface area contributed by atoms with Gasteiger partial charge in [0, 0.05) is 23.5 Å². The Labute approximate surface area is 235 Å². The zero-order chi connectivity index (χ0) is 27.8. The summed E-state index contributed by atoms with van der Waals surface area (Å²) in [4.78, 5) is 30.7. The molecule has 0 radical (unpaired) electrons. The molecular weight excluding hydrogens is 512 g/mol. The van der Waals surface area contributed by atoms with Crippen LogP contribution in [0.15, 0.2) is 109 Å². The second-order valence-electron chi connectivity index (χ2n) is 9.81. The van der Waals surface area contributed by atoms with Crippen molar-refractivity contribution in [3.63, 3.8) is 0 Å². The fourth-order valence-electron chi connectivity index (χ4n) is 5.27. The van der Waals surface area contributed by atoms with Gasteiger partial charge in [-0.2, -0.15) is 0 Å². The van der Waals surface area contributed by atoms with E-state index in [0.29, 0.717) is 11.4 Å². The maximum atomic E-state index is 12.4. The smallest absolute Gasteiger partial charge is 0.230 e. The number of nitrogens with one attached hydrogen (secondary N) is 2. The van der Waals surface area contributed by atoms with Crippen LogP contribution in [-0.4, -0.2) is 28.3 Å². The fraction of sp³-hybridized carbons (Fsp3) is 0.0286. The first kappa shape index (κ1) is 24.4. The number of rotatable bonds is 6. The van der Waals surface area contributed by atoms with Crippen molar-refractivity contribution in [2.45, 2.75) is 0 Å². The molecule has 1 aliphatic heterocycles. The molecular formula is C35H24N2O4. The normalized spacial score (nSPS) is 12.7. The number of aromatic nitrogens is 2. The van der Waals surface area contributed by atoms with Crippen LogP contribution in [-0.2, 0) is 0 Å². The molecule has 0 saturated heterocycles. The average molecular weight is 537 g/mol. The van der Waals surface area contributed by atoms with Crippen LogP contribution in [0.3, 0.4) is 0 Å². The summed E-state index contributed by atoms with van der Waals surface area (Å²) >= 11 is 0. The molecule has 0 unspecified atom stereocenters. The molecule has 2 aromatic heterocycles. The highest BCUT2D eigenvalue weighted by atomic mass is 16.7. The summed E-state index contributed by atoms with van der Waals surface area (Å²) in [7, 11) is 0. The number of hydrogen-bond acceptors (Lipinski definition) is 4. The molecule has 0 amide bonds. The van der Waals surface area contributed by atoms with Crippen molar-refractivity contribution in [2.24, 2.45) is 0 Å². The molecule has 6 heteroatoms. The van der Waals surface area contributed by atoms with Crippen LogP contribution in [0.5, 0.6) is 11.5 Å². The number of benzene rings is 4. The number of carbonyl (C=O) groups is 2. The maximum Gasteiger partial charge on any atom is 0.230 e. The van der Waals surface area contributed by atoms with Crippen LogP contribution >= 0.6 is 0 Å². The topological polar surface area (TPSA) is 84.2 Å². The highest BCUT2D eigenvalue weighted by Crippen LogP contribution is 2.47. The zero-order valence-electron chi connectivity index (χ0n) is 21.9. The van der Waals surface area contributed by atoms with Crippen molar-refractivity contribution >= 4 is 45.3 Å². The van der Waals surface area contributed by atoms with Gasteiger partial charge in [0.25, 0.3) is 0 Å². The van der Waals surface area contributed by atoms with Crippen LogP contribution in [0.25, 0.3) is 44.8 Å². The zero-order valence-corrected chi connectivity index (χ0v) is 21.9. The van der Waals surface area contributed by atoms with Crippen molar-refractivity contribution < 1.29 is 19.1 Å². The molecule has 2 N–H and O–H groups in total. The molecule has 6 nitrogen and oxygen atoms in total. The van der Waals surface area contributed by atoms with E-state index in [1.165, 1.54) is 0 Å². The van der Waals surface area contributed by atoms with Gasteiger partial charge in [-0.25, -0.2) is 0 Å². The Morgan fingerprint density at radius 2 is 1.10 bits per heavy atom. The standard InChI is InChI=1S/C35H24N2O4/c38-30(28-3-1-17-36-28)13-7-22-5-11-26-24(19-22)9-15-32-34(26)35-27-12-6-23(8-14-31(39)29-4-2-18-37-29)20-25(27)10-16-33(35)41-21-40-32/h1-20,36-37H,21H2/b13-7-,14-8-. The van der Waals surface area contributed by atoms with E-state index < -0.39 is 0 Å². The Kier molecular flexibility index (Phi) is 6.06. The molecule has 7 rings (SSSR count). The number of hydrogen-bond donors (Lipinski definition) is 2. The molecule has 41 heavy (non-hydrogen) atoms. The van der Waals surface area contributed by atoms with E-state index in [4.69, 9.17) is 9.47 Å². The SMILES string of the molecule is O=C(/C=C\c1ccc2c3c(ccc2c1)OCOc1ccc2cc(/C=C\C(=O)c4ccc[nH]4)ccc2c1-3)c1ccc[nH]1. The minimum atomic E-state index is -0.0779. The van der Waals surface area contributed by atoms with Crippen LogP contribution in [0.4, 0.5) is 0 Å². The lowest BCUT2D eigenvalue weighted by molar-refractivity contribution is 0.103. The Hall–Kier alpha value is -5.62. The van der Waals surface area contributed by atoms with Crippen molar-refractivity contribution in [2.75, 3.05) is 6.79 Å². The number of H-pyrrole nitrogens is 2. The quantitative estimate of drug-likeness (QED) is 0.168. The summed E-state index contributed by atoms with van der Waals surface area (Å²) in [5.74, 6) is 1.33. The fourth-order valence-corrected chi connectivity index (χ4v) is 5.27. The van der Waals surface area contributed by atoms with Gasteiger partial charge < -0.3 is 19.4 Å². The lowest BCUT2D eigenvalue weighted by Gasteiger charge is -2.14. The van der Waals surface area contributed by atoms with E-state index in [1.807, 2.05) is 48.6 Å². The largest absolute Gasteiger partial charge is 0.457 e. The second-order valence-corrected chi connectivity index (χ2v) is 9.81. The van der Waals surface area contributed by atoms with Gasteiger partial charge in [-0.1, -0.05) is 48.6 Å². The molecule has 0 bridgehead atoms. The van der Waals surface area contributed by atoms with Gasteiger partial charge in [0.1, 0.15) is 11.5 Å². The van der Waals surface area contributed by atoms with Gasteiger partial charge in [0.05, 0.1) is 11.4 Å². The van der Waals surface area contributed by atoms with Crippen molar-refractivity contribution in [1.29, 1.82) is 0 Å². The van der Waals surface area contributed by atoms with E-state index in [-0.39, 0.29) is 18.4 Å². The molecule has 6 aromatic rings. The summed E-state index contributed by atoms with van der Waals surface area (Å²) in [5.41, 5.74) is 4.88. The number of carbonyl (C=O) groups excluding carboxylic acids is 2. The van der Waals surface area contributed by atoms with E-state index in [0.717, 1.165) is 55.3 Å². The van der Waals surface area contributed by atoms with Gasteiger partial charge in [-0.3, -0.25) is 9.59 Å². The van der Waals surface area contributed by atoms with Crippen LogP contribution in [0, 0.1) is 0 Å². The molecule has 3 heterocycles. The molecule has 0 fully saturated rings. The molecule has 0 saturated carbocycles. The minimum Gasteiger partial charge on any atom is -0.457 e. The Morgan fingerprint density at radius 3 is 1.54 bits per heavy atom. The van der Waals surface area contributed by atoms with Gasteiger partial charge in [0.2, 0.25) is 18.4 Å². The average Bonchev–Trinajstić information content (AvgIpc) is 3.71. The molecule has 0 aliphatic carbocycles. The van der Waals surface area contributed by atoms with Crippen molar-refractivity contribution in [3.05, 3.63) is 132 Å². The van der Waals surface area contributed by atoms with Gasteiger partial charge in [-0.05, 0) is 93.4 Å². The van der Waals surface area contributed by atoms with Crippen LogP contribution in [0.1, 0.15) is 32.1 Å². The Balaban J connectivity index is 1.29. The van der Waals surface area contributed by atoms with Gasteiger partial charge >= 0.3 is 0 Å². The first-order valence-corrected chi connectivity index (χ1v) is 13.3. The van der Waals surface area contributed by atoms with Gasteiger partial charge in [-0.15, -0.1) is 0 Å². The monoisotopic (exact) mass is 536 g/mol. The molecule has 0 spiro atoms. The van der Waals surface area contributed by atoms with Crippen LogP contribution in [0.2, 0.25) is 0 Å². The molecule has 1 aliphatic rings. The summed E-state index contributed by atoms with van der Waals surface area (Å²) in [6, 6.07) is 27.4. The third-order valence-electron chi connectivity index (χ3n) is 7.27. The van der Waals surface area contributed by atoms with Crippen LogP contribution < -0.4 is 9.47 Å². The highest BCUT2D eigenvalue weighted by molar-refractivity contribution is 6.11. The lowest BCUT2D eigenvalue weighted by Crippen LogP contribution is -2.03. The maximum absolute atomic E-state index is 12.4. The second kappa shape index (κ2) is 10.2. The number of allylic oxidation sites excluding steroid dienone is 2. The minimum absolute atomic E-state index is 0.0779. The predicted molar refractivity (Wildman–Crippen MR) is 161 cm³/mol. The van der Waals surface area contributed by atoms with Crippen molar-refractivity contribution in [1.82, 2.24) is 9.97 Å². The molecule has 4 aromatic carbocycles. The number of fused-ring (bicyclic) bond motifs is 7. The summed E-state index contributed by atoms with van der Waals surface area (Å²) in [6.07, 6.45) is 10.3. The third-order valence-corrected chi connectivity index (χ3v) is 7.27. The first-order chi connectivity index (χ1) is 20.1.